The van der Waals surface area contributed by atoms with Crippen LogP contribution in [0.2, 0.25) is 0 Å². The highest BCUT2D eigenvalue weighted by molar-refractivity contribution is 6.02. The molecule has 0 bridgehead atoms. The number of carbonyl (C=O) groups is 1. The van der Waals surface area contributed by atoms with Crippen LogP contribution in [0.1, 0.15) is 27.7 Å². The van der Waals surface area contributed by atoms with E-state index in [4.69, 9.17) is 9.47 Å². The van der Waals surface area contributed by atoms with Gasteiger partial charge in [0.1, 0.15) is 5.82 Å². The molecule has 1 aliphatic heterocycles. The molecule has 1 aliphatic rings. The number of amides is 1. The van der Waals surface area contributed by atoms with E-state index < -0.39 is 17.8 Å². The summed E-state index contributed by atoms with van der Waals surface area (Å²) in [6.07, 6.45) is 0.536. The molecule has 8 nitrogen and oxygen atoms in total. The van der Waals surface area contributed by atoms with Crippen molar-refractivity contribution in [2.24, 2.45) is 0 Å². The summed E-state index contributed by atoms with van der Waals surface area (Å²) in [5.74, 6) is 0.268. The van der Waals surface area contributed by atoms with Crippen molar-refractivity contribution in [3.05, 3.63) is 65.2 Å². The van der Waals surface area contributed by atoms with Crippen LogP contribution < -0.4 is 14.8 Å². The van der Waals surface area contributed by atoms with Gasteiger partial charge in [0.2, 0.25) is 6.79 Å². The van der Waals surface area contributed by atoms with Crippen LogP contribution in [0, 0.1) is 12.7 Å². The van der Waals surface area contributed by atoms with Gasteiger partial charge in [-0.3, -0.25) is 4.79 Å². The molecule has 9 heteroatoms. The number of hydrogen-bond acceptors (Lipinski definition) is 6. The summed E-state index contributed by atoms with van der Waals surface area (Å²) < 4.78 is 25.5. The Bertz CT molecular complexity index is 1040. The first-order valence-corrected chi connectivity index (χ1v) is 8.55. The van der Waals surface area contributed by atoms with Crippen molar-refractivity contribution in [3.63, 3.8) is 0 Å². The summed E-state index contributed by atoms with van der Waals surface area (Å²) in [5.41, 5.74) is 1.49. The molecule has 1 amide bonds. The molecule has 0 spiro atoms. The quantitative estimate of drug-likeness (QED) is 0.701. The molecule has 2 aromatic carbocycles. The van der Waals surface area contributed by atoms with Crippen molar-refractivity contribution in [2.75, 3.05) is 12.1 Å². The average molecular weight is 384 g/mol. The summed E-state index contributed by atoms with van der Waals surface area (Å²) in [7, 11) is 0. The Morgan fingerprint density at radius 1 is 1.29 bits per heavy atom. The van der Waals surface area contributed by atoms with Crippen LogP contribution in [0.25, 0.3) is 0 Å². The van der Waals surface area contributed by atoms with Gasteiger partial charge < -0.3 is 19.9 Å². The molecule has 0 saturated heterocycles. The summed E-state index contributed by atoms with van der Waals surface area (Å²) >= 11 is 0. The third-order valence-electron chi connectivity index (χ3n) is 4.34. The van der Waals surface area contributed by atoms with E-state index in [1.807, 2.05) is 0 Å². The van der Waals surface area contributed by atoms with Gasteiger partial charge >= 0.3 is 0 Å². The number of fused-ring (bicyclic) bond motifs is 1. The number of aromatic nitrogens is 3. The summed E-state index contributed by atoms with van der Waals surface area (Å²) in [6, 6.07) is 9.56. The minimum atomic E-state index is -0.877. The normalized spacial score (nSPS) is 13.4. The van der Waals surface area contributed by atoms with E-state index in [9.17, 15) is 14.3 Å². The van der Waals surface area contributed by atoms with Gasteiger partial charge in [0.25, 0.3) is 5.91 Å². The lowest BCUT2D eigenvalue weighted by atomic mass is 10.1. The first-order chi connectivity index (χ1) is 13.5. The smallest absolute Gasteiger partial charge is 0.277 e. The van der Waals surface area contributed by atoms with Gasteiger partial charge in [0.05, 0.1) is 18.8 Å². The SMILES string of the molecule is Cc1ccc(NC(=O)c2cn(C[C@@H](O)c3ccc4c(c3)OCO4)nn2)cc1F. The van der Waals surface area contributed by atoms with E-state index in [-0.39, 0.29) is 19.0 Å². The number of nitrogens with zero attached hydrogens (tertiary/aromatic N) is 3. The Balaban J connectivity index is 1.42. The number of aryl methyl sites for hydroxylation is 1. The summed E-state index contributed by atoms with van der Waals surface area (Å²) in [5, 5.41) is 20.7. The molecule has 0 fully saturated rings. The molecule has 1 aromatic heterocycles. The maximum atomic E-state index is 13.6. The Morgan fingerprint density at radius 3 is 2.93 bits per heavy atom. The zero-order valence-electron chi connectivity index (χ0n) is 14.9. The second-order valence-electron chi connectivity index (χ2n) is 6.37. The highest BCUT2D eigenvalue weighted by Crippen LogP contribution is 2.34. The minimum absolute atomic E-state index is 0.0545. The molecule has 0 unspecified atom stereocenters. The standard InChI is InChI=1S/C19H17FN4O4/c1-11-2-4-13(7-14(11)20)21-19(26)15-8-24(23-22-15)9-16(25)12-3-5-17-18(6-12)28-10-27-17/h2-8,16,25H,9-10H2,1H3,(H,21,26)/t16-/m1/s1. The molecule has 0 saturated carbocycles. The van der Waals surface area contributed by atoms with Crippen LogP contribution in [-0.2, 0) is 6.54 Å². The topological polar surface area (TPSA) is 98.5 Å². The van der Waals surface area contributed by atoms with Crippen molar-refractivity contribution >= 4 is 11.6 Å². The number of ether oxygens (including phenoxy) is 2. The number of carbonyl (C=O) groups excluding carboxylic acids is 1. The zero-order chi connectivity index (χ0) is 19.7. The van der Waals surface area contributed by atoms with E-state index in [0.717, 1.165) is 0 Å². The lowest BCUT2D eigenvalue weighted by Crippen LogP contribution is -2.13. The Morgan fingerprint density at radius 2 is 2.11 bits per heavy atom. The highest BCUT2D eigenvalue weighted by atomic mass is 19.1. The lowest BCUT2D eigenvalue weighted by molar-refractivity contribution is 0.102. The maximum absolute atomic E-state index is 13.6. The molecule has 4 rings (SSSR count). The van der Waals surface area contributed by atoms with Crippen LogP contribution >= 0.6 is 0 Å². The molecular formula is C19H17FN4O4. The van der Waals surface area contributed by atoms with Crippen molar-refractivity contribution in [2.45, 2.75) is 19.6 Å². The second kappa shape index (κ2) is 7.28. The highest BCUT2D eigenvalue weighted by Gasteiger charge is 2.18. The Hall–Kier alpha value is -3.46. The van der Waals surface area contributed by atoms with E-state index in [1.54, 1.807) is 37.3 Å². The number of aliphatic hydroxyl groups excluding tert-OH is 1. The van der Waals surface area contributed by atoms with Crippen LogP contribution in [0.15, 0.2) is 42.6 Å². The number of aliphatic hydroxyl groups is 1. The third-order valence-corrected chi connectivity index (χ3v) is 4.34. The largest absolute Gasteiger partial charge is 0.454 e. The molecular weight excluding hydrogens is 367 g/mol. The van der Waals surface area contributed by atoms with Crippen LogP contribution in [-0.4, -0.2) is 32.8 Å². The lowest BCUT2D eigenvalue weighted by Gasteiger charge is -2.11. The first-order valence-electron chi connectivity index (χ1n) is 8.55. The van der Waals surface area contributed by atoms with Crippen molar-refractivity contribution < 1.29 is 23.8 Å². The molecule has 1 atom stereocenters. The van der Waals surface area contributed by atoms with E-state index in [0.29, 0.717) is 28.3 Å². The molecule has 3 aromatic rings. The number of hydrogen-bond donors (Lipinski definition) is 2. The predicted molar refractivity (Wildman–Crippen MR) is 96.6 cm³/mol. The summed E-state index contributed by atoms with van der Waals surface area (Å²) in [4.78, 5) is 12.3. The van der Waals surface area contributed by atoms with Gasteiger partial charge in [0.15, 0.2) is 17.2 Å². The van der Waals surface area contributed by atoms with E-state index in [2.05, 4.69) is 15.6 Å². The average Bonchev–Trinajstić information content (AvgIpc) is 3.33. The Labute approximate surface area is 159 Å². The van der Waals surface area contributed by atoms with Gasteiger partial charge in [-0.1, -0.05) is 17.3 Å². The fourth-order valence-corrected chi connectivity index (χ4v) is 2.76. The molecule has 2 N–H and O–H groups in total. The third kappa shape index (κ3) is 3.65. The number of benzene rings is 2. The molecule has 2 heterocycles. The second-order valence-corrected chi connectivity index (χ2v) is 6.37. The predicted octanol–water partition coefficient (Wildman–Crippen LogP) is 2.44. The molecule has 0 aliphatic carbocycles. The van der Waals surface area contributed by atoms with Crippen molar-refractivity contribution in [3.8, 4) is 11.5 Å². The van der Waals surface area contributed by atoms with Gasteiger partial charge in [-0.05, 0) is 42.3 Å². The van der Waals surface area contributed by atoms with E-state index >= 15 is 0 Å². The number of anilines is 1. The number of rotatable bonds is 5. The van der Waals surface area contributed by atoms with Crippen molar-refractivity contribution in [1.82, 2.24) is 15.0 Å². The first kappa shape index (κ1) is 17.9. The monoisotopic (exact) mass is 384 g/mol. The Kier molecular flexibility index (Phi) is 4.66. The van der Waals surface area contributed by atoms with Gasteiger partial charge in [-0.15, -0.1) is 5.10 Å². The van der Waals surface area contributed by atoms with Gasteiger partial charge in [-0.25, -0.2) is 9.07 Å². The molecule has 28 heavy (non-hydrogen) atoms. The fourth-order valence-electron chi connectivity index (χ4n) is 2.76. The van der Waals surface area contributed by atoms with Crippen LogP contribution in [0.3, 0.4) is 0 Å². The summed E-state index contributed by atoms with van der Waals surface area (Å²) in [6.45, 7) is 1.89. The maximum Gasteiger partial charge on any atom is 0.277 e. The number of nitrogens with one attached hydrogen (secondary N) is 1. The molecule has 0 radical (unpaired) electrons. The van der Waals surface area contributed by atoms with Crippen LogP contribution in [0.4, 0.5) is 10.1 Å². The van der Waals surface area contributed by atoms with Crippen LogP contribution in [0.5, 0.6) is 11.5 Å². The van der Waals surface area contributed by atoms with Gasteiger partial charge in [-0.2, -0.15) is 0 Å². The van der Waals surface area contributed by atoms with Crippen molar-refractivity contribution in [1.29, 1.82) is 0 Å². The minimum Gasteiger partial charge on any atom is -0.454 e. The van der Waals surface area contributed by atoms with Gasteiger partial charge in [0, 0.05) is 5.69 Å². The fraction of sp³-hybridized carbons (Fsp3) is 0.211. The molecule has 144 valence electrons. The van der Waals surface area contributed by atoms with E-state index in [1.165, 1.54) is 16.9 Å². The zero-order valence-corrected chi connectivity index (χ0v) is 14.9. The number of halogens is 1.